The van der Waals surface area contributed by atoms with Gasteiger partial charge in [-0.25, -0.2) is 5.10 Å². The topological polar surface area (TPSA) is 128 Å². The van der Waals surface area contributed by atoms with Gasteiger partial charge < -0.3 is 29.9 Å². The van der Waals surface area contributed by atoms with Crippen LogP contribution in [0.5, 0.6) is 5.88 Å². The minimum atomic E-state index is -1.45. The van der Waals surface area contributed by atoms with Gasteiger partial charge in [-0.3, -0.25) is 0 Å². The van der Waals surface area contributed by atoms with Crippen molar-refractivity contribution < 1.29 is 29.9 Å². The summed E-state index contributed by atoms with van der Waals surface area (Å²) in [5, 5.41) is 43.8. The number of aliphatic hydroxyl groups is 4. The number of aliphatic hydroxyl groups excluding tert-OH is 4. The summed E-state index contributed by atoms with van der Waals surface area (Å²) in [6.07, 6.45) is -4.99. The number of aromatic nitrogens is 2. The van der Waals surface area contributed by atoms with E-state index >= 15 is 0 Å². The molecule has 96 valence electrons. The van der Waals surface area contributed by atoms with Gasteiger partial charge in [-0.2, -0.15) is 5.10 Å². The highest BCUT2D eigenvalue weighted by molar-refractivity contribution is 5.05. The Balaban J connectivity index is 2.06. The molecular weight excluding hydrogens is 232 g/mol. The summed E-state index contributed by atoms with van der Waals surface area (Å²) in [5.41, 5.74) is 0. The first kappa shape index (κ1) is 12.3. The van der Waals surface area contributed by atoms with Gasteiger partial charge in [0.25, 0.3) is 0 Å². The van der Waals surface area contributed by atoms with E-state index < -0.39 is 37.3 Å². The fourth-order valence-electron chi connectivity index (χ4n) is 1.60. The van der Waals surface area contributed by atoms with E-state index in [1.165, 1.54) is 12.3 Å². The third-order valence-electron chi connectivity index (χ3n) is 2.57. The van der Waals surface area contributed by atoms with Crippen LogP contribution in [-0.2, 0) is 4.74 Å². The van der Waals surface area contributed by atoms with Crippen molar-refractivity contribution in [2.75, 3.05) is 6.61 Å². The largest absolute Gasteiger partial charge is 0.445 e. The van der Waals surface area contributed by atoms with Crippen molar-refractivity contribution in [2.24, 2.45) is 0 Å². The molecule has 5 atom stereocenters. The lowest BCUT2D eigenvalue weighted by Crippen LogP contribution is -2.60. The van der Waals surface area contributed by atoms with Gasteiger partial charge in [-0.15, -0.1) is 0 Å². The molecule has 1 aliphatic heterocycles. The molecule has 17 heavy (non-hydrogen) atoms. The van der Waals surface area contributed by atoms with Crippen LogP contribution in [0.4, 0.5) is 0 Å². The molecule has 5 N–H and O–H groups in total. The van der Waals surface area contributed by atoms with E-state index in [2.05, 4.69) is 10.2 Å². The van der Waals surface area contributed by atoms with Gasteiger partial charge in [0, 0.05) is 6.07 Å². The van der Waals surface area contributed by atoms with Crippen LogP contribution in [0, 0.1) is 0 Å². The van der Waals surface area contributed by atoms with Crippen molar-refractivity contribution in [1.29, 1.82) is 0 Å². The summed E-state index contributed by atoms with van der Waals surface area (Å²) in [6.45, 7) is -0.492. The van der Waals surface area contributed by atoms with Gasteiger partial charge in [-0.05, 0) is 0 Å². The number of nitrogens with zero attached hydrogens (tertiary/aromatic N) is 1. The number of hydrogen-bond donors (Lipinski definition) is 5. The number of aromatic amines is 1. The lowest BCUT2D eigenvalue weighted by atomic mass is 9.99. The van der Waals surface area contributed by atoms with Crippen LogP contribution < -0.4 is 4.74 Å². The third-order valence-corrected chi connectivity index (χ3v) is 2.57. The summed E-state index contributed by atoms with van der Waals surface area (Å²) in [7, 11) is 0. The minimum absolute atomic E-state index is 0.245. The first-order valence-corrected chi connectivity index (χ1v) is 5.10. The number of ether oxygens (including phenoxy) is 2. The maximum atomic E-state index is 9.64. The molecule has 0 aliphatic carbocycles. The molecule has 0 radical (unpaired) electrons. The van der Waals surface area contributed by atoms with Crippen molar-refractivity contribution in [3.63, 3.8) is 0 Å². The van der Waals surface area contributed by atoms with E-state index in [1.54, 1.807) is 0 Å². The number of rotatable bonds is 3. The molecule has 0 unspecified atom stereocenters. The van der Waals surface area contributed by atoms with E-state index in [0.29, 0.717) is 0 Å². The van der Waals surface area contributed by atoms with E-state index in [9.17, 15) is 15.3 Å². The van der Waals surface area contributed by atoms with E-state index in [1.807, 2.05) is 0 Å². The number of H-pyrrole nitrogens is 1. The second-order valence-corrected chi connectivity index (χ2v) is 3.74. The van der Waals surface area contributed by atoms with Crippen molar-refractivity contribution in [3.8, 4) is 5.88 Å². The molecule has 1 aliphatic rings. The molecule has 0 saturated carbocycles. The van der Waals surface area contributed by atoms with Crippen molar-refractivity contribution >= 4 is 0 Å². The summed E-state index contributed by atoms with van der Waals surface area (Å²) in [4.78, 5) is 0. The highest BCUT2D eigenvalue weighted by Gasteiger charge is 2.44. The van der Waals surface area contributed by atoms with Crippen LogP contribution in [0.25, 0.3) is 0 Å². The molecule has 8 nitrogen and oxygen atoms in total. The predicted octanol–water partition coefficient (Wildman–Crippen LogP) is -2.41. The van der Waals surface area contributed by atoms with Crippen LogP contribution in [0.15, 0.2) is 12.3 Å². The SMILES string of the molecule is OC[C@H]1O[C@H](Oc2ccn[nH]2)[C@H](O)[C@@H](O)[C@@H]1O. The zero-order chi connectivity index (χ0) is 12.4. The normalized spacial score (nSPS) is 38.0. The van der Waals surface area contributed by atoms with E-state index in [-0.39, 0.29) is 5.88 Å². The molecule has 1 fully saturated rings. The highest BCUT2D eigenvalue weighted by Crippen LogP contribution is 2.22. The molecule has 1 saturated heterocycles. The zero-order valence-electron chi connectivity index (χ0n) is 8.80. The van der Waals surface area contributed by atoms with Crippen LogP contribution >= 0.6 is 0 Å². The lowest BCUT2D eigenvalue weighted by molar-refractivity contribution is -0.278. The molecule has 1 aromatic heterocycles. The van der Waals surface area contributed by atoms with Gasteiger partial charge in [0.1, 0.15) is 24.4 Å². The number of nitrogens with one attached hydrogen (secondary N) is 1. The molecular formula is C9H14N2O6. The molecule has 1 aromatic rings. The minimum Gasteiger partial charge on any atom is -0.445 e. The average molecular weight is 246 g/mol. The summed E-state index contributed by atoms with van der Waals surface area (Å²) < 4.78 is 10.3. The lowest BCUT2D eigenvalue weighted by Gasteiger charge is -2.39. The Bertz CT molecular complexity index is 343. The molecule has 0 spiro atoms. The second-order valence-electron chi connectivity index (χ2n) is 3.74. The van der Waals surface area contributed by atoms with Gasteiger partial charge >= 0.3 is 0 Å². The quantitative estimate of drug-likeness (QED) is 0.402. The average Bonchev–Trinajstić information content (AvgIpc) is 2.83. The van der Waals surface area contributed by atoms with Crippen LogP contribution in [0.2, 0.25) is 0 Å². The molecule has 8 heteroatoms. The Morgan fingerprint density at radius 2 is 2.06 bits per heavy atom. The molecule has 0 amide bonds. The van der Waals surface area contributed by atoms with Crippen LogP contribution in [-0.4, -0.2) is 67.9 Å². The van der Waals surface area contributed by atoms with Gasteiger partial charge in [-0.1, -0.05) is 0 Å². The zero-order valence-corrected chi connectivity index (χ0v) is 8.80. The van der Waals surface area contributed by atoms with Gasteiger partial charge in [0.05, 0.1) is 12.8 Å². The Labute approximate surface area is 96.4 Å². The Morgan fingerprint density at radius 3 is 2.65 bits per heavy atom. The molecule has 2 rings (SSSR count). The van der Waals surface area contributed by atoms with Gasteiger partial charge in [0.15, 0.2) is 0 Å². The van der Waals surface area contributed by atoms with Crippen LogP contribution in [0.3, 0.4) is 0 Å². The summed E-state index contributed by atoms with van der Waals surface area (Å²) >= 11 is 0. The van der Waals surface area contributed by atoms with Crippen molar-refractivity contribution in [2.45, 2.75) is 30.7 Å². The highest BCUT2D eigenvalue weighted by atomic mass is 16.7. The maximum Gasteiger partial charge on any atom is 0.231 e. The van der Waals surface area contributed by atoms with Crippen LogP contribution in [0.1, 0.15) is 0 Å². The van der Waals surface area contributed by atoms with Gasteiger partial charge in [0.2, 0.25) is 12.2 Å². The Hall–Kier alpha value is -1.19. The molecule has 0 bridgehead atoms. The first-order valence-electron chi connectivity index (χ1n) is 5.10. The monoisotopic (exact) mass is 246 g/mol. The van der Waals surface area contributed by atoms with E-state index in [4.69, 9.17) is 14.6 Å². The van der Waals surface area contributed by atoms with E-state index in [0.717, 1.165) is 0 Å². The molecule has 2 heterocycles. The molecule has 0 aromatic carbocycles. The summed E-state index contributed by atoms with van der Waals surface area (Å²) in [6, 6.07) is 1.50. The Morgan fingerprint density at radius 1 is 1.29 bits per heavy atom. The standard InChI is InChI=1S/C9H14N2O6/c12-3-4-6(13)7(14)8(15)9(16-4)17-5-1-2-10-11-5/h1-2,4,6-9,12-15H,3H2,(H,10,11)/t4-,6-,7+,8-,9-/m1/s1. The maximum absolute atomic E-state index is 9.64. The first-order chi connectivity index (χ1) is 8.13. The fourth-order valence-corrected chi connectivity index (χ4v) is 1.60. The Kier molecular flexibility index (Phi) is 3.60. The second kappa shape index (κ2) is 4.98. The predicted molar refractivity (Wildman–Crippen MR) is 53.0 cm³/mol. The fraction of sp³-hybridized carbons (Fsp3) is 0.667. The smallest absolute Gasteiger partial charge is 0.231 e. The number of hydrogen-bond acceptors (Lipinski definition) is 7. The summed E-state index contributed by atoms with van der Waals surface area (Å²) in [5.74, 6) is 0.245. The van der Waals surface area contributed by atoms with Crippen molar-refractivity contribution in [3.05, 3.63) is 12.3 Å². The third kappa shape index (κ3) is 2.40. The van der Waals surface area contributed by atoms with Crippen molar-refractivity contribution in [1.82, 2.24) is 10.2 Å².